The Hall–Kier alpha value is -4.70. The second-order valence-corrected chi connectivity index (χ2v) is 11.0. The molecule has 9 nitrogen and oxygen atoms in total. The van der Waals surface area contributed by atoms with Crippen LogP contribution in [0.4, 0.5) is 0 Å². The number of ether oxygens (including phenoxy) is 4. The normalized spacial score (nSPS) is 14.6. The van der Waals surface area contributed by atoms with E-state index in [0.717, 1.165) is 22.8 Å². The van der Waals surface area contributed by atoms with Crippen molar-refractivity contribution < 1.29 is 28.5 Å². The zero-order valence-electron chi connectivity index (χ0n) is 25.1. The average Bonchev–Trinajstić information content (AvgIpc) is 3.33. The molecule has 4 aromatic rings. The first-order chi connectivity index (χ1) is 21.4. The number of aromatic nitrogens is 1. The van der Waals surface area contributed by atoms with Crippen LogP contribution in [-0.2, 0) is 19.1 Å². The molecule has 0 radical (unpaired) electrons. The highest BCUT2D eigenvalue weighted by Gasteiger charge is 2.37. The van der Waals surface area contributed by atoms with Crippen molar-refractivity contribution in [2.45, 2.75) is 39.7 Å². The predicted molar refractivity (Wildman–Crippen MR) is 169 cm³/mol. The van der Waals surface area contributed by atoms with Crippen LogP contribution in [0.15, 0.2) is 81.7 Å². The molecule has 0 N–H and O–H groups in total. The number of thiazole rings is 1. The van der Waals surface area contributed by atoms with E-state index in [-0.39, 0.29) is 25.4 Å². The van der Waals surface area contributed by atoms with E-state index in [4.69, 9.17) is 23.9 Å². The first kappa shape index (κ1) is 30.7. The van der Waals surface area contributed by atoms with Crippen LogP contribution in [0.3, 0.4) is 0 Å². The number of carbonyl (C=O) groups excluding carboxylic acids is 2. The monoisotopic (exact) mass is 614 g/mol. The SMILES string of the molecule is CCCC1=C(C(=O)OCC)[C@@H](c2c(OC)ccc3ccccc23)n2c(sc(=Cc3ccc(OCC(=O)OCC)cc3)c2=O)=N1. The fraction of sp³-hybridized carbons (Fsp3) is 0.294. The van der Waals surface area contributed by atoms with Gasteiger partial charge in [0, 0.05) is 5.56 Å². The molecule has 228 valence electrons. The molecule has 2 heterocycles. The lowest BCUT2D eigenvalue weighted by Crippen LogP contribution is -2.40. The third kappa shape index (κ3) is 6.16. The van der Waals surface area contributed by atoms with Gasteiger partial charge in [0.2, 0.25) is 0 Å². The summed E-state index contributed by atoms with van der Waals surface area (Å²) in [4.78, 5) is 44.8. The molecule has 0 fully saturated rings. The molecule has 10 heteroatoms. The van der Waals surface area contributed by atoms with E-state index in [2.05, 4.69) is 0 Å². The molecule has 0 saturated carbocycles. The highest BCUT2D eigenvalue weighted by molar-refractivity contribution is 7.07. The van der Waals surface area contributed by atoms with Gasteiger partial charge < -0.3 is 18.9 Å². The number of nitrogens with zero attached hydrogens (tertiary/aromatic N) is 2. The number of allylic oxidation sites excluding steroid dienone is 1. The van der Waals surface area contributed by atoms with Crippen LogP contribution in [0.5, 0.6) is 11.5 Å². The lowest BCUT2D eigenvalue weighted by molar-refractivity contribution is -0.145. The number of carbonyl (C=O) groups is 2. The first-order valence-corrected chi connectivity index (χ1v) is 15.4. The van der Waals surface area contributed by atoms with E-state index in [0.29, 0.717) is 44.1 Å². The van der Waals surface area contributed by atoms with E-state index >= 15 is 0 Å². The molecule has 1 aliphatic heterocycles. The maximum atomic E-state index is 14.2. The molecule has 5 rings (SSSR count). The Balaban J connectivity index is 1.68. The first-order valence-electron chi connectivity index (χ1n) is 14.6. The zero-order chi connectivity index (χ0) is 31.2. The maximum absolute atomic E-state index is 14.2. The summed E-state index contributed by atoms with van der Waals surface area (Å²) in [5, 5.41) is 1.82. The molecule has 0 saturated heterocycles. The van der Waals surface area contributed by atoms with Crippen molar-refractivity contribution in [3.63, 3.8) is 0 Å². The Morgan fingerprint density at radius 1 is 0.977 bits per heavy atom. The predicted octanol–water partition coefficient (Wildman–Crippen LogP) is 4.68. The summed E-state index contributed by atoms with van der Waals surface area (Å²) in [6, 6.07) is 17.9. The van der Waals surface area contributed by atoms with Crippen molar-refractivity contribution in [2.24, 2.45) is 4.99 Å². The van der Waals surface area contributed by atoms with Crippen LogP contribution >= 0.6 is 11.3 Å². The largest absolute Gasteiger partial charge is 0.496 e. The number of benzene rings is 3. The molecule has 0 spiro atoms. The standard InChI is InChI=1S/C34H34N2O7S/c1-5-10-25-30(33(39)42-7-3)31(29-24-12-9-8-11-22(24)15-18-26(29)40-4)36-32(38)27(44-34(36)35-25)19-21-13-16-23(17-14-21)43-20-28(37)41-6-2/h8-9,11-19,31H,5-7,10,20H2,1-4H3/t31-/m1/s1. The van der Waals surface area contributed by atoms with Crippen molar-refractivity contribution in [1.82, 2.24) is 4.57 Å². The molecule has 0 bridgehead atoms. The number of rotatable bonds is 11. The van der Waals surface area contributed by atoms with E-state index in [9.17, 15) is 14.4 Å². The van der Waals surface area contributed by atoms with Crippen LogP contribution in [0.25, 0.3) is 16.8 Å². The summed E-state index contributed by atoms with van der Waals surface area (Å²) < 4.78 is 23.8. The van der Waals surface area contributed by atoms with Crippen molar-refractivity contribution in [1.29, 1.82) is 0 Å². The van der Waals surface area contributed by atoms with E-state index in [1.54, 1.807) is 55.9 Å². The van der Waals surface area contributed by atoms with Gasteiger partial charge in [0.1, 0.15) is 17.5 Å². The second kappa shape index (κ2) is 13.7. The van der Waals surface area contributed by atoms with Crippen molar-refractivity contribution in [3.8, 4) is 11.5 Å². The highest BCUT2D eigenvalue weighted by Crippen LogP contribution is 2.41. The third-order valence-corrected chi connectivity index (χ3v) is 8.14. The lowest BCUT2D eigenvalue weighted by Gasteiger charge is -2.28. The third-order valence-electron chi connectivity index (χ3n) is 7.16. The van der Waals surface area contributed by atoms with E-state index in [1.165, 1.54) is 11.3 Å². The lowest BCUT2D eigenvalue weighted by atomic mass is 9.90. The van der Waals surface area contributed by atoms with Gasteiger partial charge in [0.05, 0.1) is 36.1 Å². The number of methoxy groups -OCH3 is 1. The minimum Gasteiger partial charge on any atom is -0.496 e. The number of hydrogen-bond acceptors (Lipinski definition) is 9. The van der Waals surface area contributed by atoms with Gasteiger partial charge in [-0.3, -0.25) is 9.36 Å². The summed E-state index contributed by atoms with van der Waals surface area (Å²) in [5.41, 5.74) is 2.12. The Morgan fingerprint density at radius 2 is 1.73 bits per heavy atom. The average molecular weight is 615 g/mol. The van der Waals surface area contributed by atoms with Gasteiger partial charge >= 0.3 is 11.9 Å². The number of fused-ring (bicyclic) bond motifs is 2. The Kier molecular flexibility index (Phi) is 9.59. The fourth-order valence-corrected chi connectivity index (χ4v) is 6.31. The molecular formula is C34H34N2O7S. The topological polar surface area (TPSA) is 105 Å². The number of hydrogen-bond donors (Lipinski definition) is 0. The minimum atomic E-state index is -0.811. The van der Waals surface area contributed by atoms with Gasteiger partial charge in [0.15, 0.2) is 11.4 Å². The van der Waals surface area contributed by atoms with Crippen LogP contribution in [0.2, 0.25) is 0 Å². The zero-order valence-corrected chi connectivity index (χ0v) is 25.9. The smallest absolute Gasteiger partial charge is 0.344 e. The molecule has 0 unspecified atom stereocenters. The van der Waals surface area contributed by atoms with Crippen LogP contribution < -0.4 is 24.4 Å². The number of esters is 2. The molecule has 0 amide bonds. The molecule has 1 aliphatic rings. The molecular weight excluding hydrogens is 580 g/mol. The van der Waals surface area contributed by atoms with Gasteiger partial charge in [-0.2, -0.15) is 0 Å². The van der Waals surface area contributed by atoms with Gasteiger partial charge in [-0.25, -0.2) is 14.6 Å². The van der Waals surface area contributed by atoms with Gasteiger partial charge in [0.25, 0.3) is 5.56 Å². The summed E-state index contributed by atoms with van der Waals surface area (Å²) in [6.45, 7) is 5.80. The van der Waals surface area contributed by atoms with E-state index < -0.39 is 18.0 Å². The Labute approximate surface area is 258 Å². The van der Waals surface area contributed by atoms with Crippen LogP contribution in [0, 0.1) is 0 Å². The Bertz CT molecular complexity index is 1900. The summed E-state index contributed by atoms with van der Waals surface area (Å²) in [7, 11) is 1.58. The summed E-state index contributed by atoms with van der Waals surface area (Å²) in [5.74, 6) is 0.108. The van der Waals surface area contributed by atoms with Crippen molar-refractivity contribution in [2.75, 3.05) is 26.9 Å². The minimum absolute atomic E-state index is 0.186. The molecule has 44 heavy (non-hydrogen) atoms. The maximum Gasteiger partial charge on any atom is 0.344 e. The Morgan fingerprint density at radius 3 is 2.43 bits per heavy atom. The second-order valence-electron chi connectivity index (χ2n) is 9.98. The van der Waals surface area contributed by atoms with Crippen molar-refractivity contribution in [3.05, 3.63) is 103 Å². The summed E-state index contributed by atoms with van der Waals surface area (Å²) in [6.07, 6.45) is 3.07. The molecule has 1 atom stereocenters. The van der Waals surface area contributed by atoms with Crippen LogP contribution in [0.1, 0.15) is 50.8 Å². The molecule has 1 aromatic heterocycles. The van der Waals surface area contributed by atoms with Crippen LogP contribution in [-0.4, -0.2) is 43.4 Å². The highest BCUT2D eigenvalue weighted by atomic mass is 32.1. The quantitative estimate of drug-likeness (QED) is 0.226. The molecule has 0 aliphatic carbocycles. The van der Waals surface area contributed by atoms with E-state index in [1.807, 2.05) is 43.3 Å². The van der Waals surface area contributed by atoms with Gasteiger partial charge in [-0.1, -0.05) is 67.1 Å². The molecule has 3 aromatic carbocycles. The van der Waals surface area contributed by atoms with Gasteiger partial charge in [-0.15, -0.1) is 0 Å². The van der Waals surface area contributed by atoms with Crippen molar-refractivity contribution >= 4 is 40.1 Å². The van der Waals surface area contributed by atoms with Gasteiger partial charge in [-0.05, 0) is 60.9 Å². The summed E-state index contributed by atoms with van der Waals surface area (Å²) >= 11 is 1.26. The fourth-order valence-electron chi connectivity index (χ4n) is 5.29.